The second-order valence-electron chi connectivity index (χ2n) is 9.41. The van der Waals surface area contributed by atoms with Crippen LogP contribution in [0.1, 0.15) is 49.1 Å². The van der Waals surface area contributed by atoms with E-state index in [-0.39, 0.29) is 11.3 Å². The molecule has 0 unspecified atom stereocenters. The van der Waals surface area contributed by atoms with Crippen LogP contribution in [0, 0.1) is 23.2 Å². The molecule has 0 radical (unpaired) electrons. The summed E-state index contributed by atoms with van der Waals surface area (Å²) in [6.07, 6.45) is 7.63. The van der Waals surface area contributed by atoms with Gasteiger partial charge in [-0.05, 0) is 56.3 Å². The van der Waals surface area contributed by atoms with Gasteiger partial charge in [-0.2, -0.15) is 17.0 Å². The molecule has 28 heavy (non-hydrogen) atoms. The summed E-state index contributed by atoms with van der Waals surface area (Å²) >= 11 is 1.43. The second kappa shape index (κ2) is 6.48. The fourth-order valence-corrected chi connectivity index (χ4v) is 8.45. The van der Waals surface area contributed by atoms with Gasteiger partial charge in [0.2, 0.25) is 5.91 Å². The van der Waals surface area contributed by atoms with Crippen LogP contribution < -0.4 is 5.32 Å². The van der Waals surface area contributed by atoms with Crippen LogP contribution in [0.5, 0.6) is 0 Å². The zero-order chi connectivity index (χ0) is 19.7. The van der Waals surface area contributed by atoms with Crippen molar-refractivity contribution in [2.24, 2.45) is 23.2 Å². The summed E-state index contributed by atoms with van der Waals surface area (Å²) < 4.78 is 27.5. The average molecular weight is 425 g/mol. The van der Waals surface area contributed by atoms with Gasteiger partial charge in [0, 0.05) is 31.9 Å². The lowest BCUT2D eigenvalue weighted by Gasteiger charge is -2.55. The maximum atomic E-state index is 13.2. The number of carbonyl (C=O) groups is 1. The van der Waals surface area contributed by atoms with E-state index in [1.807, 2.05) is 0 Å². The number of aromatic nitrogens is 1. The molecule has 7 nitrogen and oxygen atoms in total. The molecule has 0 saturated heterocycles. The summed E-state index contributed by atoms with van der Waals surface area (Å²) in [7, 11) is -0.328. The van der Waals surface area contributed by atoms with E-state index in [1.54, 1.807) is 14.1 Å². The van der Waals surface area contributed by atoms with E-state index in [0.717, 1.165) is 47.6 Å². The van der Waals surface area contributed by atoms with Crippen LogP contribution in [0.25, 0.3) is 0 Å². The fraction of sp³-hybridized carbons (Fsp3) is 0.789. The van der Waals surface area contributed by atoms with E-state index in [2.05, 4.69) is 10.3 Å². The lowest BCUT2D eigenvalue weighted by molar-refractivity contribution is -0.140. The predicted octanol–water partition coefficient (Wildman–Crippen LogP) is 2.46. The van der Waals surface area contributed by atoms with Gasteiger partial charge in [0.1, 0.15) is 0 Å². The van der Waals surface area contributed by atoms with Crippen molar-refractivity contribution in [2.75, 3.05) is 26.0 Å². The Kier molecular flexibility index (Phi) is 4.39. The van der Waals surface area contributed by atoms with Gasteiger partial charge >= 0.3 is 0 Å². The lowest BCUT2D eigenvalue weighted by Crippen LogP contribution is -2.51. The van der Waals surface area contributed by atoms with Gasteiger partial charge in [0.25, 0.3) is 10.2 Å². The number of hydrogen-bond acceptors (Lipinski definition) is 5. The van der Waals surface area contributed by atoms with Crippen LogP contribution in [-0.2, 0) is 28.0 Å². The molecule has 0 atom stereocenters. The average Bonchev–Trinajstić information content (AvgIpc) is 3.01. The van der Waals surface area contributed by atoms with Crippen molar-refractivity contribution in [3.05, 3.63) is 10.6 Å². The van der Waals surface area contributed by atoms with E-state index in [0.29, 0.717) is 24.6 Å². The largest absolute Gasteiger partial charge is 0.301 e. The van der Waals surface area contributed by atoms with Crippen LogP contribution >= 0.6 is 11.3 Å². The summed E-state index contributed by atoms with van der Waals surface area (Å²) in [4.78, 5) is 18.8. The zero-order valence-corrected chi connectivity index (χ0v) is 18.1. The van der Waals surface area contributed by atoms with Crippen molar-refractivity contribution >= 4 is 32.6 Å². The van der Waals surface area contributed by atoms with Crippen molar-refractivity contribution in [2.45, 2.75) is 51.5 Å². The van der Waals surface area contributed by atoms with Gasteiger partial charge in [-0.25, -0.2) is 4.98 Å². The van der Waals surface area contributed by atoms with Crippen LogP contribution in [-0.4, -0.2) is 48.6 Å². The smallest absolute Gasteiger partial charge is 0.281 e. The molecule has 0 spiro atoms. The molecular formula is C19H28N4O3S2. The van der Waals surface area contributed by atoms with Crippen molar-refractivity contribution in [1.29, 1.82) is 0 Å². The highest BCUT2D eigenvalue weighted by atomic mass is 32.2. The van der Waals surface area contributed by atoms with Gasteiger partial charge in [-0.15, -0.1) is 11.3 Å². The third-order valence-electron chi connectivity index (χ3n) is 7.22. The minimum absolute atomic E-state index is 0.149. The number of thiazole rings is 1. The molecule has 4 aliphatic carbocycles. The summed E-state index contributed by atoms with van der Waals surface area (Å²) in [6, 6.07) is 0. The molecule has 9 heteroatoms. The fourth-order valence-electron chi connectivity index (χ4n) is 6.27. The summed E-state index contributed by atoms with van der Waals surface area (Å²) in [5, 5.41) is 3.76. The number of carbonyl (C=O) groups excluding carboxylic acids is 1. The molecule has 1 N–H and O–H groups in total. The first kappa shape index (κ1) is 19.0. The molecule has 0 aromatic carbocycles. The van der Waals surface area contributed by atoms with Crippen molar-refractivity contribution in [3.8, 4) is 0 Å². The Labute approximate surface area is 170 Å². The number of nitrogens with zero attached hydrogens (tertiary/aromatic N) is 3. The second-order valence-corrected chi connectivity index (χ2v) is 12.6. The van der Waals surface area contributed by atoms with Crippen molar-refractivity contribution < 1.29 is 13.2 Å². The highest BCUT2D eigenvalue weighted by molar-refractivity contribution is 7.86. The molecule has 2 heterocycles. The van der Waals surface area contributed by atoms with Gasteiger partial charge in [0.15, 0.2) is 5.13 Å². The van der Waals surface area contributed by atoms with E-state index in [4.69, 9.17) is 0 Å². The van der Waals surface area contributed by atoms with E-state index in [1.165, 1.54) is 39.2 Å². The topological polar surface area (TPSA) is 82.6 Å². The summed E-state index contributed by atoms with van der Waals surface area (Å²) in [5.41, 5.74) is 0.734. The zero-order valence-electron chi connectivity index (χ0n) is 16.5. The van der Waals surface area contributed by atoms with Gasteiger partial charge in [-0.1, -0.05) is 0 Å². The van der Waals surface area contributed by atoms with Gasteiger partial charge in [0.05, 0.1) is 17.7 Å². The molecule has 1 aromatic heterocycles. The lowest BCUT2D eigenvalue weighted by atomic mass is 9.49. The molecule has 5 aliphatic rings. The molecule has 4 saturated carbocycles. The molecule has 4 bridgehead atoms. The standard InChI is InChI=1S/C19H28N4O3S2/c1-22(2)28(25,26)23-4-3-15-16(11-23)27-18(20-15)21-17(24)19-8-12-5-13(9-19)7-14(6-12)10-19/h12-14H,3-11H2,1-2H3,(H,20,21,24). The minimum atomic E-state index is -3.43. The van der Waals surface area contributed by atoms with Gasteiger partial charge in [-0.3, -0.25) is 4.79 Å². The molecule has 1 amide bonds. The Bertz CT molecular complexity index is 873. The van der Waals surface area contributed by atoms with Crippen LogP contribution in [0.3, 0.4) is 0 Å². The van der Waals surface area contributed by atoms with Crippen molar-refractivity contribution in [1.82, 2.24) is 13.6 Å². The highest BCUT2D eigenvalue weighted by Gasteiger charge is 2.54. The quantitative estimate of drug-likeness (QED) is 0.805. The normalized spacial score (nSPS) is 34.6. The monoisotopic (exact) mass is 424 g/mol. The van der Waals surface area contributed by atoms with Gasteiger partial charge < -0.3 is 5.32 Å². The number of rotatable bonds is 4. The highest BCUT2D eigenvalue weighted by Crippen LogP contribution is 2.60. The number of amides is 1. The maximum Gasteiger partial charge on any atom is 0.281 e. The first-order valence-electron chi connectivity index (χ1n) is 10.2. The number of nitrogens with one attached hydrogen (secondary N) is 1. The third-order valence-corrected chi connectivity index (χ3v) is 10.1. The summed E-state index contributed by atoms with van der Waals surface area (Å²) in [5.74, 6) is 2.33. The molecule has 1 aromatic rings. The van der Waals surface area contributed by atoms with Crippen LogP contribution in [0.4, 0.5) is 5.13 Å². The Balaban J connectivity index is 1.32. The Morgan fingerprint density at radius 2 is 1.79 bits per heavy atom. The SMILES string of the molecule is CN(C)S(=O)(=O)N1CCc2nc(NC(=O)C34CC5CC(CC(C5)C3)C4)sc2C1. The maximum absolute atomic E-state index is 13.2. The van der Waals surface area contributed by atoms with E-state index >= 15 is 0 Å². The Morgan fingerprint density at radius 1 is 1.18 bits per heavy atom. The Morgan fingerprint density at radius 3 is 2.36 bits per heavy atom. The first-order chi connectivity index (χ1) is 13.2. The van der Waals surface area contributed by atoms with E-state index < -0.39 is 10.2 Å². The molecule has 1 aliphatic heterocycles. The molecule has 154 valence electrons. The van der Waals surface area contributed by atoms with Crippen molar-refractivity contribution in [3.63, 3.8) is 0 Å². The number of fused-ring (bicyclic) bond motifs is 1. The molecule has 6 rings (SSSR count). The molecule has 4 fully saturated rings. The third kappa shape index (κ3) is 3.02. The number of hydrogen-bond donors (Lipinski definition) is 1. The summed E-state index contributed by atoms with van der Waals surface area (Å²) in [6.45, 7) is 0.764. The Hall–Kier alpha value is -1.03. The number of anilines is 1. The first-order valence-corrected chi connectivity index (χ1v) is 12.4. The van der Waals surface area contributed by atoms with Crippen LogP contribution in [0.15, 0.2) is 0 Å². The van der Waals surface area contributed by atoms with E-state index in [9.17, 15) is 13.2 Å². The predicted molar refractivity (Wildman–Crippen MR) is 108 cm³/mol. The minimum Gasteiger partial charge on any atom is -0.301 e. The molecular weight excluding hydrogens is 396 g/mol. The van der Waals surface area contributed by atoms with Crippen LogP contribution in [0.2, 0.25) is 0 Å².